The van der Waals surface area contributed by atoms with Crippen LogP contribution in [0.15, 0.2) is 45.6 Å². The Morgan fingerprint density at radius 1 is 1.00 bits per heavy atom. The van der Waals surface area contributed by atoms with E-state index in [9.17, 15) is 9.90 Å². The molecule has 5 heteroatoms. The molecule has 0 saturated heterocycles. The molecule has 0 fully saturated rings. The van der Waals surface area contributed by atoms with Gasteiger partial charge in [0.05, 0.1) is 12.0 Å². The van der Waals surface area contributed by atoms with E-state index in [1.165, 1.54) is 6.07 Å². The van der Waals surface area contributed by atoms with Crippen LogP contribution in [-0.4, -0.2) is 24.9 Å². The smallest absolute Gasteiger partial charge is 0.344 e. The fraction of sp³-hybridized carbons (Fsp3) is 0.278. The molecule has 0 aliphatic heterocycles. The quantitative estimate of drug-likeness (QED) is 0.429. The zero-order valence-electron chi connectivity index (χ0n) is 12.9. The van der Waals surface area contributed by atoms with Crippen LogP contribution in [0.5, 0.6) is 11.5 Å². The van der Waals surface area contributed by atoms with Crippen LogP contribution in [0, 0.1) is 0 Å². The monoisotopic (exact) mass is 314 g/mol. The number of ether oxygens (including phenoxy) is 2. The van der Waals surface area contributed by atoms with Crippen molar-refractivity contribution >= 4 is 21.7 Å². The SMILES string of the molecule is CCCOCCOc1ccc2c(c1)c(=O)oc1cc(O)ccc12. The molecule has 0 aliphatic carbocycles. The molecule has 0 aliphatic rings. The summed E-state index contributed by atoms with van der Waals surface area (Å²) < 4.78 is 16.2. The molecule has 3 aromatic rings. The molecule has 0 bridgehead atoms. The van der Waals surface area contributed by atoms with Gasteiger partial charge in [-0.15, -0.1) is 0 Å². The van der Waals surface area contributed by atoms with E-state index in [1.807, 2.05) is 19.1 Å². The third-order valence-corrected chi connectivity index (χ3v) is 3.51. The van der Waals surface area contributed by atoms with E-state index in [1.54, 1.807) is 18.2 Å². The summed E-state index contributed by atoms with van der Waals surface area (Å²) in [6, 6.07) is 10.0. The number of aromatic hydroxyl groups is 1. The summed E-state index contributed by atoms with van der Waals surface area (Å²) in [6.45, 7) is 3.70. The van der Waals surface area contributed by atoms with Crippen LogP contribution in [0.25, 0.3) is 21.7 Å². The molecule has 3 rings (SSSR count). The highest BCUT2D eigenvalue weighted by Crippen LogP contribution is 2.28. The van der Waals surface area contributed by atoms with Crippen LogP contribution < -0.4 is 10.4 Å². The van der Waals surface area contributed by atoms with E-state index in [0.29, 0.717) is 36.5 Å². The Kier molecular flexibility index (Phi) is 4.48. The van der Waals surface area contributed by atoms with Crippen LogP contribution >= 0.6 is 0 Å². The normalized spacial score (nSPS) is 11.2. The van der Waals surface area contributed by atoms with Crippen LogP contribution in [0.2, 0.25) is 0 Å². The van der Waals surface area contributed by atoms with Crippen molar-refractivity contribution < 1.29 is 19.0 Å². The van der Waals surface area contributed by atoms with Crippen molar-refractivity contribution in [3.8, 4) is 11.5 Å². The Morgan fingerprint density at radius 2 is 1.83 bits per heavy atom. The maximum atomic E-state index is 12.1. The fourth-order valence-corrected chi connectivity index (χ4v) is 2.45. The minimum atomic E-state index is -0.453. The molecule has 120 valence electrons. The van der Waals surface area contributed by atoms with E-state index in [2.05, 4.69) is 0 Å². The maximum Gasteiger partial charge on any atom is 0.344 e. The molecule has 23 heavy (non-hydrogen) atoms. The Hall–Kier alpha value is -2.53. The van der Waals surface area contributed by atoms with E-state index in [0.717, 1.165) is 17.2 Å². The zero-order chi connectivity index (χ0) is 16.2. The van der Waals surface area contributed by atoms with Crippen molar-refractivity contribution in [2.75, 3.05) is 19.8 Å². The average molecular weight is 314 g/mol. The van der Waals surface area contributed by atoms with Crippen LogP contribution in [0.1, 0.15) is 13.3 Å². The van der Waals surface area contributed by atoms with Crippen LogP contribution in [0.3, 0.4) is 0 Å². The lowest BCUT2D eigenvalue weighted by Crippen LogP contribution is -2.07. The number of rotatable bonds is 6. The highest BCUT2D eigenvalue weighted by Gasteiger charge is 2.09. The molecule has 2 aromatic carbocycles. The molecular formula is C18H18O5. The highest BCUT2D eigenvalue weighted by molar-refractivity contribution is 6.04. The average Bonchev–Trinajstić information content (AvgIpc) is 2.54. The third-order valence-electron chi connectivity index (χ3n) is 3.51. The van der Waals surface area contributed by atoms with Crippen LogP contribution in [0.4, 0.5) is 0 Å². The number of phenolic OH excluding ortho intramolecular Hbond substituents is 1. The van der Waals surface area contributed by atoms with E-state index >= 15 is 0 Å². The number of hydrogen-bond donors (Lipinski definition) is 1. The summed E-state index contributed by atoms with van der Waals surface area (Å²) in [6.07, 6.45) is 0.972. The van der Waals surface area contributed by atoms with E-state index in [-0.39, 0.29) is 5.75 Å². The molecule has 5 nitrogen and oxygen atoms in total. The molecule has 1 heterocycles. The number of fused-ring (bicyclic) bond motifs is 3. The summed E-state index contributed by atoms with van der Waals surface area (Å²) in [5.74, 6) is 0.662. The van der Waals surface area contributed by atoms with Gasteiger partial charge in [0.2, 0.25) is 0 Å². The number of hydrogen-bond acceptors (Lipinski definition) is 5. The molecule has 0 saturated carbocycles. The summed E-state index contributed by atoms with van der Waals surface area (Å²) in [7, 11) is 0. The standard InChI is InChI=1S/C18H18O5/c1-2-7-21-8-9-22-13-4-6-14-15-5-3-12(19)10-17(15)23-18(20)16(14)11-13/h3-6,10-11,19H,2,7-9H2,1H3. The molecule has 0 atom stereocenters. The van der Waals surface area contributed by atoms with Gasteiger partial charge in [-0.05, 0) is 36.8 Å². The highest BCUT2D eigenvalue weighted by atomic mass is 16.5. The lowest BCUT2D eigenvalue weighted by molar-refractivity contribution is 0.101. The number of benzene rings is 2. The van der Waals surface area contributed by atoms with Crippen molar-refractivity contribution in [2.45, 2.75) is 13.3 Å². The largest absolute Gasteiger partial charge is 0.508 e. The van der Waals surface area contributed by atoms with Crippen molar-refractivity contribution in [1.82, 2.24) is 0 Å². The summed E-state index contributed by atoms with van der Waals surface area (Å²) in [5, 5.41) is 11.5. The first-order valence-corrected chi connectivity index (χ1v) is 7.59. The van der Waals surface area contributed by atoms with Gasteiger partial charge in [-0.25, -0.2) is 4.79 Å². The Bertz CT molecular complexity index is 882. The Morgan fingerprint density at radius 3 is 2.65 bits per heavy atom. The van der Waals surface area contributed by atoms with Gasteiger partial charge in [0.25, 0.3) is 0 Å². The minimum Gasteiger partial charge on any atom is -0.508 e. The summed E-state index contributed by atoms with van der Waals surface area (Å²) in [5.41, 5.74) is -0.0880. The molecule has 0 unspecified atom stereocenters. The van der Waals surface area contributed by atoms with E-state index in [4.69, 9.17) is 13.9 Å². The van der Waals surface area contributed by atoms with Crippen molar-refractivity contribution in [2.24, 2.45) is 0 Å². The first kappa shape index (κ1) is 15.4. The molecule has 0 amide bonds. The molecule has 1 N–H and O–H groups in total. The van der Waals surface area contributed by atoms with Crippen molar-refractivity contribution in [3.05, 3.63) is 46.8 Å². The zero-order valence-corrected chi connectivity index (χ0v) is 12.9. The lowest BCUT2D eigenvalue weighted by atomic mass is 10.1. The van der Waals surface area contributed by atoms with Gasteiger partial charge >= 0.3 is 5.63 Å². The fourth-order valence-electron chi connectivity index (χ4n) is 2.45. The van der Waals surface area contributed by atoms with Gasteiger partial charge in [-0.3, -0.25) is 0 Å². The van der Waals surface area contributed by atoms with Gasteiger partial charge in [-0.2, -0.15) is 0 Å². The van der Waals surface area contributed by atoms with Crippen molar-refractivity contribution in [3.63, 3.8) is 0 Å². The minimum absolute atomic E-state index is 0.0621. The van der Waals surface area contributed by atoms with Gasteiger partial charge in [0.1, 0.15) is 23.7 Å². The Labute approximate surface area is 133 Å². The molecule has 1 aromatic heterocycles. The Balaban J connectivity index is 1.91. The number of phenols is 1. The topological polar surface area (TPSA) is 68.9 Å². The van der Waals surface area contributed by atoms with Crippen molar-refractivity contribution in [1.29, 1.82) is 0 Å². The van der Waals surface area contributed by atoms with Gasteiger partial charge in [0, 0.05) is 23.4 Å². The molecule has 0 radical (unpaired) electrons. The molecular weight excluding hydrogens is 296 g/mol. The summed E-state index contributed by atoms with van der Waals surface area (Å²) in [4.78, 5) is 12.1. The van der Waals surface area contributed by atoms with E-state index < -0.39 is 5.63 Å². The third kappa shape index (κ3) is 3.29. The summed E-state index contributed by atoms with van der Waals surface area (Å²) >= 11 is 0. The van der Waals surface area contributed by atoms with Gasteiger partial charge in [0.15, 0.2) is 0 Å². The second kappa shape index (κ2) is 6.71. The second-order valence-corrected chi connectivity index (χ2v) is 5.24. The first-order chi connectivity index (χ1) is 11.2. The lowest BCUT2D eigenvalue weighted by Gasteiger charge is -2.08. The second-order valence-electron chi connectivity index (χ2n) is 5.24. The first-order valence-electron chi connectivity index (χ1n) is 7.59. The van der Waals surface area contributed by atoms with Gasteiger partial charge in [-0.1, -0.05) is 6.92 Å². The van der Waals surface area contributed by atoms with Gasteiger partial charge < -0.3 is 19.0 Å². The molecule has 0 spiro atoms. The predicted octanol–water partition coefficient (Wildman–Crippen LogP) is 3.46. The maximum absolute atomic E-state index is 12.1. The predicted molar refractivity (Wildman–Crippen MR) is 88.3 cm³/mol. The van der Waals surface area contributed by atoms with Crippen LogP contribution in [-0.2, 0) is 4.74 Å².